The predicted molar refractivity (Wildman–Crippen MR) is 76.6 cm³/mol. The van der Waals surface area contributed by atoms with Crippen molar-refractivity contribution in [2.45, 2.75) is 20.0 Å². The number of hydrogen-bond acceptors (Lipinski definition) is 6. The number of ether oxygens (including phenoxy) is 1. The van der Waals surface area contributed by atoms with E-state index in [4.69, 9.17) is 10.5 Å². The first kappa shape index (κ1) is 15.1. The summed E-state index contributed by atoms with van der Waals surface area (Å²) in [5, 5.41) is 19.4. The number of nitrogens with zero attached hydrogens (tertiary/aromatic N) is 4. The Balaban J connectivity index is 2.59. The van der Waals surface area contributed by atoms with Gasteiger partial charge in [-0.05, 0) is 13.0 Å². The van der Waals surface area contributed by atoms with E-state index in [0.717, 1.165) is 0 Å². The summed E-state index contributed by atoms with van der Waals surface area (Å²) in [5.74, 6) is 1.00. The third-order valence-corrected chi connectivity index (χ3v) is 3.19. The Kier molecular flexibility index (Phi) is 4.61. The molecule has 0 aliphatic rings. The van der Waals surface area contributed by atoms with Crippen molar-refractivity contribution in [1.29, 1.82) is 0 Å². The SMILES string of the molecule is COCCn1c(CN)nnc1-c1cccc(C)c1[N+](=O)[O-]. The average Bonchev–Trinajstić information content (AvgIpc) is 2.86. The molecule has 0 bridgehead atoms. The standard InChI is InChI=1S/C13H17N5O3/c1-9-4-3-5-10(12(9)18(19)20)13-16-15-11(8-14)17(13)6-7-21-2/h3-5H,6-8,14H2,1-2H3. The highest BCUT2D eigenvalue weighted by Gasteiger charge is 2.23. The Morgan fingerprint density at radius 2 is 2.19 bits per heavy atom. The summed E-state index contributed by atoms with van der Waals surface area (Å²) in [6, 6.07) is 5.12. The number of para-hydroxylation sites is 1. The molecule has 1 aromatic heterocycles. The monoisotopic (exact) mass is 291 g/mol. The van der Waals surface area contributed by atoms with Gasteiger partial charge in [-0.3, -0.25) is 10.1 Å². The minimum atomic E-state index is -0.401. The van der Waals surface area contributed by atoms with Gasteiger partial charge in [0.15, 0.2) is 5.82 Å². The first-order chi connectivity index (χ1) is 10.1. The van der Waals surface area contributed by atoms with Crippen LogP contribution in [-0.4, -0.2) is 33.4 Å². The van der Waals surface area contributed by atoms with Crippen molar-refractivity contribution in [3.05, 3.63) is 39.7 Å². The topological polar surface area (TPSA) is 109 Å². The van der Waals surface area contributed by atoms with Gasteiger partial charge in [0.25, 0.3) is 5.69 Å². The van der Waals surface area contributed by atoms with E-state index in [9.17, 15) is 10.1 Å². The molecule has 8 nitrogen and oxygen atoms in total. The van der Waals surface area contributed by atoms with Crippen LogP contribution in [0.25, 0.3) is 11.4 Å². The first-order valence-corrected chi connectivity index (χ1v) is 6.45. The van der Waals surface area contributed by atoms with Crippen molar-refractivity contribution >= 4 is 5.69 Å². The molecule has 21 heavy (non-hydrogen) atoms. The summed E-state index contributed by atoms with van der Waals surface area (Å²) < 4.78 is 6.81. The number of aryl methyl sites for hydroxylation is 1. The molecule has 0 spiro atoms. The minimum absolute atomic E-state index is 0.0344. The van der Waals surface area contributed by atoms with E-state index in [1.165, 1.54) is 0 Å². The van der Waals surface area contributed by atoms with Crippen LogP contribution in [0.15, 0.2) is 18.2 Å². The highest BCUT2D eigenvalue weighted by molar-refractivity contribution is 5.70. The maximum absolute atomic E-state index is 11.3. The van der Waals surface area contributed by atoms with Gasteiger partial charge in [0, 0.05) is 19.2 Å². The van der Waals surface area contributed by atoms with Crippen molar-refractivity contribution in [1.82, 2.24) is 14.8 Å². The molecule has 0 radical (unpaired) electrons. The molecule has 1 aromatic carbocycles. The van der Waals surface area contributed by atoms with E-state index in [1.807, 2.05) is 0 Å². The molecule has 2 N–H and O–H groups in total. The summed E-state index contributed by atoms with van der Waals surface area (Å²) in [6.07, 6.45) is 0. The number of hydrogen-bond donors (Lipinski definition) is 1. The number of nitro benzene ring substituents is 1. The van der Waals surface area contributed by atoms with Gasteiger partial charge in [0.1, 0.15) is 5.82 Å². The Labute approximate surface area is 121 Å². The molecule has 0 unspecified atom stereocenters. The van der Waals surface area contributed by atoms with Crippen LogP contribution in [0.3, 0.4) is 0 Å². The van der Waals surface area contributed by atoms with Gasteiger partial charge in [-0.15, -0.1) is 10.2 Å². The van der Waals surface area contributed by atoms with Gasteiger partial charge in [-0.2, -0.15) is 0 Å². The smallest absolute Gasteiger partial charge is 0.283 e. The van der Waals surface area contributed by atoms with Crippen LogP contribution in [-0.2, 0) is 17.8 Å². The molecule has 0 aliphatic heterocycles. The van der Waals surface area contributed by atoms with Crippen molar-refractivity contribution in [3.63, 3.8) is 0 Å². The van der Waals surface area contributed by atoms with Gasteiger partial charge in [-0.1, -0.05) is 12.1 Å². The number of benzene rings is 1. The first-order valence-electron chi connectivity index (χ1n) is 6.45. The van der Waals surface area contributed by atoms with Gasteiger partial charge < -0.3 is 15.0 Å². The molecular formula is C13H17N5O3. The summed E-state index contributed by atoms with van der Waals surface area (Å²) in [5.41, 5.74) is 6.69. The zero-order valence-corrected chi connectivity index (χ0v) is 11.9. The fourth-order valence-corrected chi connectivity index (χ4v) is 2.18. The van der Waals surface area contributed by atoms with E-state index in [0.29, 0.717) is 35.9 Å². The van der Waals surface area contributed by atoms with Crippen LogP contribution in [0.1, 0.15) is 11.4 Å². The van der Waals surface area contributed by atoms with Crippen LogP contribution >= 0.6 is 0 Å². The fourth-order valence-electron chi connectivity index (χ4n) is 2.18. The second-order valence-corrected chi connectivity index (χ2v) is 4.52. The molecule has 2 rings (SSSR count). The Morgan fingerprint density at radius 1 is 1.43 bits per heavy atom. The Bertz CT molecular complexity index is 653. The van der Waals surface area contributed by atoms with Gasteiger partial charge in [-0.25, -0.2) is 0 Å². The van der Waals surface area contributed by atoms with Gasteiger partial charge >= 0.3 is 0 Å². The molecule has 8 heteroatoms. The van der Waals surface area contributed by atoms with Crippen LogP contribution in [0.5, 0.6) is 0 Å². The average molecular weight is 291 g/mol. The van der Waals surface area contributed by atoms with E-state index >= 15 is 0 Å². The van der Waals surface area contributed by atoms with Crippen LogP contribution in [0, 0.1) is 17.0 Å². The summed E-state index contributed by atoms with van der Waals surface area (Å²) in [4.78, 5) is 10.9. The lowest BCUT2D eigenvalue weighted by atomic mass is 10.1. The third-order valence-electron chi connectivity index (χ3n) is 3.19. The number of nitro groups is 1. The van der Waals surface area contributed by atoms with E-state index < -0.39 is 4.92 Å². The summed E-state index contributed by atoms with van der Waals surface area (Å²) >= 11 is 0. The quantitative estimate of drug-likeness (QED) is 0.634. The molecule has 0 saturated heterocycles. The van der Waals surface area contributed by atoms with Crippen LogP contribution < -0.4 is 5.73 Å². The molecular weight excluding hydrogens is 274 g/mol. The summed E-state index contributed by atoms with van der Waals surface area (Å²) in [6.45, 7) is 2.83. The Hall–Kier alpha value is -2.32. The highest BCUT2D eigenvalue weighted by Crippen LogP contribution is 2.31. The second kappa shape index (κ2) is 6.42. The molecule has 112 valence electrons. The van der Waals surface area contributed by atoms with Crippen molar-refractivity contribution in [2.75, 3.05) is 13.7 Å². The molecule has 0 amide bonds. The maximum Gasteiger partial charge on any atom is 0.283 e. The van der Waals surface area contributed by atoms with E-state index in [-0.39, 0.29) is 12.2 Å². The van der Waals surface area contributed by atoms with Crippen molar-refractivity contribution < 1.29 is 9.66 Å². The molecule has 0 atom stereocenters. The minimum Gasteiger partial charge on any atom is -0.383 e. The normalized spacial score (nSPS) is 10.8. The predicted octanol–water partition coefficient (Wildman–Crippen LogP) is 1.27. The zero-order chi connectivity index (χ0) is 15.4. The third kappa shape index (κ3) is 2.91. The molecule has 2 aromatic rings. The van der Waals surface area contributed by atoms with E-state index in [2.05, 4.69) is 10.2 Å². The number of aromatic nitrogens is 3. The highest BCUT2D eigenvalue weighted by atomic mass is 16.6. The lowest BCUT2D eigenvalue weighted by molar-refractivity contribution is -0.384. The molecule has 0 saturated carbocycles. The number of rotatable bonds is 6. The lowest BCUT2D eigenvalue weighted by Crippen LogP contribution is -2.13. The largest absolute Gasteiger partial charge is 0.383 e. The fraction of sp³-hybridized carbons (Fsp3) is 0.385. The second-order valence-electron chi connectivity index (χ2n) is 4.52. The van der Waals surface area contributed by atoms with Crippen molar-refractivity contribution in [2.24, 2.45) is 5.73 Å². The molecule has 1 heterocycles. The summed E-state index contributed by atoms with van der Waals surface area (Å²) in [7, 11) is 1.58. The van der Waals surface area contributed by atoms with Gasteiger partial charge in [0.2, 0.25) is 0 Å². The molecule has 0 aliphatic carbocycles. The number of methoxy groups -OCH3 is 1. The lowest BCUT2D eigenvalue weighted by Gasteiger charge is -2.10. The van der Waals surface area contributed by atoms with Crippen LogP contribution in [0.2, 0.25) is 0 Å². The van der Waals surface area contributed by atoms with Crippen LogP contribution in [0.4, 0.5) is 5.69 Å². The zero-order valence-electron chi connectivity index (χ0n) is 11.9. The molecule has 0 fully saturated rings. The van der Waals surface area contributed by atoms with Gasteiger partial charge in [0.05, 0.1) is 23.6 Å². The van der Waals surface area contributed by atoms with E-state index in [1.54, 1.807) is 36.8 Å². The number of nitrogens with two attached hydrogens (primary N) is 1. The Morgan fingerprint density at radius 3 is 2.81 bits per heavy atom. The maximum atomic E-state index is 11.3. The van der Waals surface area contributed by atoms with Crippen molar-refractivity contribution in [3.8, 4) is 11.4 Å².